The fraction of sp³-hybridized carbons (Fsp3) is 0.214. The number of benzene rings is 1. The molecule has 4 nitrogen and oxygen atoms in total. The second-order valence-electron chi connectivity index (χ2n) is 4.18. The summed E-state index contributed by atoms with van der Waals surface area (Å²) in [5.74, 6) is 1.65. The lowest BCUT2D eigenvalue weighted by Gasteiger charge is -1.98. The van der Waals surface area contributed by atoms with Crippen molar-refractivity contribution in [2.45, 2.75) is 12.8 Å². The molecule has 0 fully saturated rings. The van der Waals surface area contributed by atoms with Gasteiger partial charge in [-0.05, 0) is 18.6 Å². The first-order valence-corrected chi connectivity index (χ1v) is 6.65. The minimum absolute atomic E-state index is 0.454. The van der Waals surface area contributed by atoms with Crippen LogP contribution in [0.4, 0.5) is 0 Å². The van der Waals surface area contributed by atoms with Gasteiger partial charge in [-0.3, -0.25) is 0 Å². The molecule has 5 heteroatoms. The number of alkyl halides is 1. The van der Waals surface area contributed by atoms with Crippen molar-refractivity contribution in [2.75, 3.05) is 5.88 Å². The Balaban J connectivity index is 1.92. The van der Waals surface area contributed by atoms with Crippen molar-refractivity contribution in [3.8, 4) is 11.6 Å². The summed E-state index contributed by atoms with van der Waals surface area (Å²) in [6.07, 6.45) is 1.53. The van der Waals surface area contributed by atoms with E-state index in [1.54, 1.807) is 0 Å². The van der Waals surface area contributed by atoms with E-state index >= 15 is 0 Å². The molecule has 0 aliphatic heterocycles. The summed E-state index contributed by atoms with van der Waals surface area (Å²) >= 11 is 5.64. The van der Waals surface area contributed by atoms with Gasteiger partial charge in [0.05, 0.1) is 5.52 Å². The number of aryl methyl sites for hydroxylation is 1. The number of aromatic nitrogens is 3. The van der Waals surface area contributed by atoms with Crippen LogP contribution in [0.15, 0.2) is 40.8 Å². The van der Waals surface area contributed by atoms with Gasteiger partial charge in [-0.1, -0.05) is 24.3 Å². The van der Waals surface area contributed by atoms with Crippen LogP contribution >= 0.6 is 11.6 Å². The highest BCUT2D eigenvalue weighted by Crippen LogP contribution is 2.20. The van der Waals surface area contributed by atoms with E-state index in [0.717, 1.165) is 17.3 Å². The molecular formula is C14H12ClN3O. The van der Waals surface area contributed by atoms with Gasteiger partial charge in [0.15, 0.2) is 0 Å². The van der Waals surface area contributed by atoms with Crippen LogP contribution in [0.1, 0.15) is 12.3 Å². The Morgan fingerprint density at radius 3 is 2.84 bits per heavy atom. The zero-order valence-corrected chi connectivity index (χ0v) is 11.0. The van der Waals surface area contributed by atoms with E-state index in [1.807, 2.05) is 36.4 Å². The quantitative estimate of drug-likeness (QED) is 0.683. The molecule has 0 saturated heterocycles. The van der Waals surface area contributed by atoms with Crippen molar-refractivity contribution in [2.24, 2.45) is 0 Å². The van der Waals surface area contributed by atoms with E-state index in [4.69, 9.17) is 16.0 Å². The maximum atomic E-state index is 5.64. The molecule has 0 radical (unpaired) electrons. The SMILES string of the molecule is ClCCCc1nnc(-c2ccc3ccccc3n2)o1. The molecule has 0 unspecified atom stereocenters. The van der Waals surface area contributed by atoms with E-state index in [0.29, 0.717) is 29.8 Å². The number of hydrogen-bond acceptors (Lipinski definition) is 4. The Bertz CT molecular complexity index is 696. The van der Waals surface area contributed by atoms with Crippen LogP contribution < -0.4 is 0 Å². The molecule has 96 valence electrons. The van der Waals surface area contributed by atoms with Crippen LogP contribution in [0, 0.1) is 0 Å². The smallest absolute Gasteiger partial charge is 0.266 e. The van der Waals surface area contributed by atoms with Gasteiger partial charge in [0.2, 0.25) is 5.89 Å². The first-order valence-electron chi connectivity index (χ1n) is 6.11. The summed E-state index contributed by atoms with van der Waals surface area (Å²) in [5.41, 5.74) is 1.61. The van der Waals surface area contributed by atoms with E-state index < -0.39 is 0 Å². The second kappa shape index (κ2) is 5.36. The van der Waals surface area contributed by atoms with Crippen molar-refractivity contribution < 1.29 is 4.42 Å². The van der Waals surface area contributed by atoms with Crippen molar-refractivity contribution in [1.82, 2.24) is 15.2 Å². The first-order chi connectivity index (χ1) is 9.36. The fourth-order valence-corrected chi connectivity index (χ4v) is 1.99. The third kappa shape index (κ3) is 2.58. The van der Waals surface area contributed by atoms with Gasteiger partial charge in [0.1, 0.15) is 5.69 Å². The highest BCUT2D eigenvalue weighted by molar-refractivity contribution is 6.17. The lowest BCUT2D eigenvalue weighted by atomic mass is 10.2. The van der Waals surface area contributed by atoms with Gasteiger partial charge in [0, 0.05) is 17.7 Å². The van der Waals surface area contributed by atoms with Crippen molar-refractivity contribution >= 4 is 22.5 Å². The Hall–Kier alpha value is -1.94. The molecule has 0 aliphatic carbocycles. The van der Waals surface area contributed by atoms with Crippen LogP contribution in [0.5, 0.6) is 0 Å². The molecule has 2 heterocycles. The molecule has 2 aromatic heterocycles. The molecule has 0 N–H and O–H groups in total. The highest BCUT2D eigenvalue weighted by Gasteiger charge is 2.10. The predicted octanol–water partition coefficient (Wildman–Crippen LogP) is 3.46. The van der Waals surface area contributed by atoms with Crippen LogP contribution in [-0.4, -0.2) is 21.1 Å². The van der Waals surface area contributed by atoms with Crippen LogP contribution in [-0.2, 0) is 6.42 Å². The average Bonchev–Trinajstić information content (AvgIpc) is 2.93. The number of nitrogens with zero attached hydrogens (tertiary/aromatic N) is 3. The summed E-state index contributed by atoms with van der Waals surface area (Å²) in [5, 5.41) is 9.11. The minimum atomic E-state index is 0.454. The summed E-state index contributed by atoms with van der Waals surface area (Å²) < 4.78 is 5.58. The Kier molecular flexibility index (Phi) is 3.42. The van der Waals surface area contributed by atoms with E-state index in [-0.39, 0.29) is 0 Å². The van der Waals surface area contributed by atoms with Gasteiger partial charge >= 0.3 is 0 Å². The molecule has 3 rings (SSSR count). The van der Waals surface area contributed by atoms with E-state index in [2.05, 4.69) is 15.2 Å². The summed E-state index contributed by atoms with van der Waals surface area (Å²) in [6.45, 7) is 0. The third-order valence-electron chi connectivity index (χ3n) is 2.81. The zero-order valence-electron chi connectivity index (χ0n) is 10.2. The van der Waals surface area contributed by atoms with E-state index in [1.165, 1.54) is 0 Å². The largest absolute Gasteiger partial charge is 0.419 e. The topological polar surface area (TPSA) is 51.8 Å². The number of para-hydroxylation sites is 1. The summed E-state index contributed by atoms with van der Waals surface area (Å²) in [4.78, 5) is 4.52. The number of hydrogen-bond donors (Lipinski definition) is 0. The molecule has 0 bridgehead atoms. The summed E-state index contributed by atoms with van der Waals surface area (Å²) in [6, 6.07) is 11.8. The van der Waals surface area contributed by atoms with Crippen molar-refractivity contribution in [1.29, 1.82) is 0 Å². The molecule has 19 heavy (non-hydrogen) atoms. The van der Waals surface area contributed by atoms with Crippen LogP contribution in [0.3, 0.4) is 0 Å². The molecule has 0 aliphatic rings. The van der Waals surface area contributed by atoms with Gasteiger partial charge in [-0.2, -0.15) is 0 Å². The fourth-order valence-electron chi connectivity index (χ4n) is 1.86. The number of halogens is 1. The first kappa shape index (κ1) is 12.1. The standard InChI is InChI=1S/C14H12ClN3O/c15-9-3-6-13-17-18-14(19-13)12-8-7-10-4-1-2-5-11(10)16-12/h1-2,4-5,7-8H,3,6,9H2. The van der Waals surface area contributed by atoms with Gasteiger partial charge in [-0.15, -0.1) is 21.8 Å². The van der Waals surface area contributed by atoms with E-state index in [9.17, 15) is 0 Å². The van der Waals surface area contributed by atoms with Crippen molar-refractivity contribution in [3.05, 3.63) is 42.3 Å². The maximum absolute atomic E-state index is 5.64. The Morgan fingerprint density at radius 2 is 1.95 bits per heavy atom. The second-order valence-corrected chi connectivity index (χ2v) is 4.56. The highest BCUT2D eigenvalue weighted by atomic mass is 35.5. The predicted molar refractivity (Wildman–Crippen MR) is 74.1 cm³/mol. The normalized spacial score (nSPS) is 11.0. The lowest BCUT2D eigenvalue weighted by molar-refractivity contribution is 0.501. The minimum Gasteiger partial charge on any atom is -0.419 e. The van der Waals surface area contributed by atoms with Gasteiger partial charge in [-0.25, -0.2) is 4.98 Å². The monoisotopic (exact) mass is 273 g/mol. The molecule has 0 saturated carbocycles. The molecular weight excluding hydrogens is 262 g/mol. The average molecular weight is 274 g/mol. The Morgan fingerprint density at radius 1 is 1.05 bits per heavy atom. The van der Waals surface area contributed by atoms with Crippen molar-refractivity contribution in [3.63, 3.8) is 0 Å². The lowest BCUT2D eigenvalue weighted by Crippen LogP contribution is -1.85. The maximum Gasteiger partial charge on any atom is 0.266 e. The zero-order chi connectivity index (χ0) is 13.1. The van der Waals surface area contributed by atoms with Crippen LogP contribution in [0.2, 0.25) is 0 Å². The number of fused-ring (bicyclic) bond motifs is 1. The number of rotatable bonds is 4. The van der Waals surface area contributed by atoms with Crippen LogP contribution in [0.25, 0.3) is 22.5 Å². The third-order valence-corrected chi connectivity index (χ3v) is 3.08. The molecule has 3 aromatic rings. The number of pyridine rings is 1. The molecule has 0 spiro atoms. The molecule has 0 amide bonds. The molecule has 0 atom stereocenters. The van der Waals surface area contributed by atoms with Gasteiger partial charge in [0.25, 0.3) is 5.89 Å². The summed E-state index contributed by atoms with van der Waals surface area (Å²) in [7, 11) is 0. The Labute approximate surface area is 115 Å². The van der Waals surface area contributed by atoms with Gasteiger partial charge < -0.3 is 4.42 Å². The molecule has 1 aromatic carbocycles.